The van der Waals surface area contributed by atoms with Crippen molar-refractivity contribution in [3.05, 3.63) is 67.6 Å². The lowest BCUT2D eigenvalue weighted by Crippen LogP contribution is -2.46. The van der Waals surface area contributed by atoms with Crippen LogP contribution in [0.1, 0.15) is 24.0 Å². The van der Waals surface area contributed by atoms with E-state index < -0.39 is 55.6 Å². The lowest BCUT2D eigenvalue weighted by atomic mass is 9.98. The van der Waals surface area contributed by atoms with Crippen molar-refractivity contribution >= 4 is 52.2 Å². The van der Waals surface area contributed by atoms with Crippen molar-refractivity contribution < 1.29 is 22.4 Å². The van der Waals surface area contributed by atoms with Crippen molar-refractivity contribution in [1.82, 2.24) is 9.80 Å². The Morgan fingerprint density at radius 3 is 1.53 bits per heavy atom. The maximum absolute atomic E-state index is 14.4. The number of ketones is 1. The van der Waals surface area contributed by atoms with Gasteiger partial charge < -0.3 is 0 Å². The van der Waals surface area contributed by atoms with Gasteiger partial charge in [-0.3, -0.25) is 14.6 Å². The number of rotatable bonds is 6. The van der Waals surface area contributed by atoms with Gasteiger partial charge in [0.2, 0.25) is 0 Å². The van der Waals surface area contributed by atoms with Crippen LogP contribution in [-0.4, -0.2) is 52.6 Å². The maximum atomic E-state index is 14.4. The maximum Gasteiger partial charge on any atom is 0.262 e. The predicted molar refractivity (Wildman–Crippen MR) is 125 cm³/mol. The van der Waals surface area contributed by atoms with Gasteiger partial charge in [-0.15, -0.1) is 0 Å². The molecule has 2 aliphatic rings. The minimum absolute atomic E-state index is 0.0609. The number of benzene rings is 2. The van der Waals surface area contributed by atoms with Crippen molar-refractivity contribution in [3.8, 4) is 0 Å². The number of alkyl halides is 4. The summed E-state index contributed by atoms with van der Waals surface area (Å²) in [6, 6.07) is 6.79. The van der Waals surface area contributed by atoms with Crippen LogP contribution in [0.25, 0.3) is 0 Å². The highest BCUT2D eigenvalue weighted by Crippen LogP contribution is 2.40. The van der Waals surface area contributed by atoms with Crippen LogP contribution in [0.15, 0.2) is 36.4 Å². The van der Waals surface area contributed by atoms with Gasteiger partial charge >= 0.3 is 0 Å². The van der Waals surface area contributed by atoms with Gasteiger partial charge in [0, 0.05) is 46.0 Å². The van der Waals surface area contributed by atoms with Gasteiger partial charge in [-0.25, -0.2) is 17.6 Å². The van der Waals surface area contributed by atoms with Crippen LogP contribution >= 0.6 is 46.4 Å². The molecule has 0 bridgehead atoms. The summed E-state index contributed by atoms with van der Waals surface area (Å²) in [4.78, 5) is 16.0. The number of carbonyl (C=O) groups excluding carboxylic acids is 1. The Hall–Kier alpha value is -1.09. The van der Waals surface area contributed by atoms with E-state index in [2.05, 4.69) is 0 Å². The SMILES string of the molecule is O=C(C1CC(F)(F)CN1Cc1cc(Cl)ccc1Cl)C1CC(F)(F)CN1Cc1cc(Cl)ccc1Cl. The summed E-state index contributed by atoms with van der Waals surface area (Å²) < 4.78 is 57.7. The van der Waals surface area contributed by atoms with Gasteiger partial charge in [0.05, 0.1) is 25.2 Å². The number of hydrogen-bond donors (Lipinski definition) is 0. The van der Waals surface area contributed by atoms with Crippen molar-refractivity contribution in [2.45, 2.75) is 49.9 Å². The third-order valence-electron chi connectivity index (χ3n) is 6.15. The number of halogens is 8. The Balaban J connectivity index is 1.59. The average Bonchev–Trinajstić information content (AvgIpc) is 3.21. The molecule has 2 heterocycles. The fourth-order valence-electron chi connectivity index (χ4n) is 4.65. The van der Waals surface area contributed by atoms with E-state index in [0.717, 1.165) is 0 Å². The summed E-state index contributed by atoms with van der Waals surface area (Å²) >= 11 is 24.4. The molecule has 2 saturated heterocycles. The average molecular weight is 558 g/mol. The zero-order valence-electron chi connectivity index (χ0n) is 17.7. The summed E-state index contributed by atoms with van der Waals surface area (Å²) in [5.41, 5.74) is 0.952. The van der Waals surface area contributed by atoms with Crippen molar-refractivity contribution in [3.63, 3.8) is 0 Å². The molecule has 4 rings (SSSR count). The molecule has 0 aromatic heterocycles. The van der Waals surface area contributed by atoms with Gasteiger partial charge in [-0.1, -0.05) is 46.4 Å². The van der Waals surface area contributed by atoms with Crippen LogP contribution in [0, 0.1) is 0 Å². The van der Waals surface area contributed by atoms with E-state index in [1.165, 1.54) is 21.9 Å². The van der Waals surface area contributed by atoms with Crippen LogP contribution in [0.4, 0.5) is 17.6 Å². The normalized spacial score (nSPS) is 24.6. The molecule has 0 amide bonds. The molecule has 0 radical (unpaired) electrons. The lowest BCUT2D eigenvalue weighted by Gasteiger charge is -2.29. The Bertz CT molecular complexity index is 1020. The monoisotopic (exact) mass is 556 g/mol. The fraction of sp³-hybridized carbons (Fsp3) is 0.435. The molecule has 2 aliphatic heterocycles. The number of Topliss-reactive ketones (excluding diaryl/α,β-unsaturated/α-hetero) is 1. The Kier molecular flexibility index (Phi) is 7.45. The summed E-state index contributed by atoms with van der Waals surface area (Å²) in [6.07, 6.45) is -1.50. The van der Waals surface area contributed by atoms with E-state index >= 15 is 0 Å². The molecule has 2 unspecified atom stereocenters. The number of carbonyl (C=O) groups is 1. The molecular formula is C23H20Cl4F4N2O. The van der Waals surface area contributed by atoms with Gasteiger partial charge in [-0.2, -0.15) is 0 Å². The zero-order chi connectivity index (χ0) is 24.8. The highest BCUT2D eigenvalue weighted by molar-refractivity contribution is 6.34. The summed E-state index contributed by atoms with van der Waals surface area (Å²) in [6.45, 7) is -1.49. The van der Waals surface area contributed by atoms with E-state index in [1.807, 2.05) is 0 Å². The molecule has 2 fully saturated rings. The molecule has 2 atom stereocenters. The number of nitrogens with zero attached hydrogens (tertiary/aromatic N) is 2. The minimum atomic E-state index is -3.15. The molecule has 0 N–H and O–H groups in total. The molecule has 11 heteroatoms. The van der Waals surface area contributed by atoms with Crippen LogP contribution in [0.3, 0.4) is 0 Å². The predicted octanol–water partition coefficient (Wildman–Crippen LogP) is 6.99. The van der Waals surface area contributed by atoms with Crippen LogP contribution in [-0.2, 0) is 17.9 Å². The number of likely N-dealkylation sites (tertiary alicyclic amines) is 2. The minimum Gasteiger partial charge on any atom is -0.296 e. The largest absolute Gasteiger partial charge is 0.296 e. The third-order valence-corrected chi connectivity index (χ3v) is 7.36. The van der Waals surface area contributed by atoms with Crippen LogP contribution < -0.4 is 0 Å². The molecule has 3 nitrogen and oxygen atoms in total. The van der Waals surface area contributed by atoms with Crippen molar-refractivity contribution in [2.24, 2.45) is 0 Å². The second-order valence-electron chi connectivity index (χ2n) is 8.84. The molecule has 184 valence electrons. The quantitative estimate of drug-likeness (QED) is 0.358. The van der Waals surface area contributed by atoms with E-state index in [0.29, 0.717) is 31.2 Å². The highest BCUT2D eigenvalue weighted by atomic mass is 35.5. The van der Waals surface area contributed by atoms with Crippen LogP contribution in [0.5, 0.6) is 0 Å². The van der Waals surface area contributed by atoms with Gasteiger partial charge in [0.25, 0.3) is 11.8 Å². The third kappa shape index (κ3) is 5.82. The van der Waals surface area contributed by atoms with Gasteiger partial charge in [-0.05, 0) is 47.5 Å². The van der Waals surface area contributed by atoms with Crippen molar-refractivity contribution in [2.75, 3.05) is 13.1 Å². The molecule has 2 aromatic carbocycles. The first-order chi connectivity index (χ1) is 15.8. The van der Waals surface area contributed by atoms with E-state index in [9.17, 15) is 22.4 Å². The smallest absolute Gasteiger partial charge is 0.262 e. The highest BCUT2D eigenvalue weighted by Gasteiger charge is 2.54. The van der Waals surface area contributed by atoms with E-state index in [4.69, 9.17) is 46.4 Å². The van der Waals surface area contributed by atoms with E-state index in [1.54, 1.807) is 24.3 Å². The molecular weight excluding hydrogens is 538 g/mol. The van der Waals surface area contributed by atoms with Crippen LogP contribution in [0.2, 0.25) is 20.1 Å². The van der Waals surface area contributed by atoms with Gasteiger partial charge in [0.15, 0.2) is 5.78 Å². The molecule has 0 saturated carbocycles. The molecule has 0 aliphatic carbocycles. The standard InChI is InChI=1S/C23H20Cl4F4N2O/c24-15-1-3-17(26)13(5-15)9-32-11-22(28,29)7-19(32)21(34)20-8-23(30,31)12-33(20)10-14-6-16(25)2-4-18(14)27/h1-6,19-20H,7-12H2. The first-order valence-corrected chi connectivity index (χ1v) is 12.0. The molecule has 2 aromatic rings. The summed E-state index contributed by atoms with van der Waals surface area (Å²) in [5.74, 6) is -6.97. The second-order valence-corrected chi connectivity index (χ2v) is 10.5. The fourth-order valence-corrected chi connectivity index (χ4v) is 5.39. The Morgan fingerprint density at radius 2 is 1.15 bits per heavy atom. The zero-order valence-corrected chi connectivity index (χ0v) is 20.7. The lowest BCUT2D eigenvalue weighted by molar-refractivity contribution is -0.128. The topological polar surface area (TPSA) is 23.6 Å². The van der Waals surface area contributed by atoms with E-state index in [-0.39, 0.29) is 13.1 Å². The van der Waals surface area contributed by atoms with Crippen molar-refractivity contribution in [1.29, 1.82) is 0 Å². The Labute approximate surface area is 214 Å². The number of hydrogen-bond acceptors (Lipinski definition) is 3. The van der Waals surface area contributed by atoms with Gasteiger partial charge in [0.1, 0.15) is 0 Å². The second kappa shape index (κ2) is 9.75. The first-order valence-electron chi connectivity index (χ1n) is 10.5. The molecule has 0 spiro atoms. The first kappa shape index (κ1) is 26.0. The summed E-state index contributed by atoms with van der Waals surface area (Å²) in [5, 5.41) is 1.37. The summed E-state index contributed by atoms with van der Waals surface area (Å²) in [7, 11) is 0. The molecule has 34 heavy (non-hydrogen) atoms. The Morgan fingerprint density at radius 1 is 0.765 bits per heavy atom.